The molecule has 1 aromatic heterocycles. The topological polar surface area (TPSA) is 102 Å². The third-order valence-corrected chi connectivity index (χ3v) is 5.03. The molecule has 7 heteroatoms. The summed E-state index contributed by atoms with van der Waals surface area (Å²) in [5, 5.41) is 12.1. The largest absolute Gasteiger partial charge is 0.490 e. The molecule has 1 amide bonds. The summed E-state index contributed by atoms with van der Waals surface area (Å²) < 4.78 is 16.5. The van der Waals surface area contributed by atoms with E-state index in [4.69, 9.17) is 13.9 Å². The fourth-order valence-corrected chi connectivity index (χ4v) is 3.61. The SMILES string of the molecule is CCOc1cc(/C=C(\C#N)C(=O)NCc2ccco2)ccc1OC(=O)c1c(C)cc(C)cc1C. The van der Waals surface area contributed by atoms with E-state index in [1.807, 2.05) is 45.9 Å². The molecule has 7 nitrogen and oxygen atoms in total. The molecule has 0 fully saturated rings. The minimum absolute atomic E-state index is 0.0790. The van der Waals surface area contributed by atoms with Crippen LogP contribution in [0.25, 0.3) is 6.08 Å². The average Bonchev–Trinajstić information content (AvgIpc) is 3.30. The van der Waals surface area contributed by atoms with Crippen molar-refractivity contribution in [3.05, 3.63) is 87.9 Å². The molecule has 34 heavy (non-hydrogen) atoms. The lowest BCUT2D eigenvalue weighted by Crippen LogP contribution is -2.23. The summed E-state index contributed by atoms with van der Waals surface area (Å²) in [7, 11) is 0. The third-order valence-electron chi connectivity index (χ3n) is 5.03. The number of esters is 1. The van der Waals surface area contributed by atoms with Crippen LogP contribution in [-0.2, 0) is 11.3 Å². The lowest BCUT2D eigenvalue weighted by Gasteiger charge is -2.14. The first-order valence-corrected chi connectivity index (χ1v) is 10.8. The van der Waals surface area contributed by atoms with Crippen LogP contribution in [0.5, 0.6) is 11.5 Å². The number of amides is 1. The number of carbonyl (C=O) groups is 2. The van der Waals surface area contributed by atoms with E-state index < -0.39 is 11.9 Å². The van der Waals surface area contributed by atoms with Gasteiger partial charge in [-0.2, -0.15) is 5.26 Å². The highest BCUT2D eigenvalue weighted by Gasteiger charge is 2.18. The number of hydrogen-bond donors (Lipinski definition) is 1. The number of ether oxygens (including phenoxy) is 2. The van der Waals surface area contributed by atoms with Gasteiger partial charge < -0.3 is 19.2 Å². The van der Waals surface area contributed by atoms with Crippen molar-refractivity contribution >= 4 is 18.0 Å². The van der Waals surface area contributed by atoms with Gasteiger partial charge in [0.05, 0.1) is 25.0 Å². The molecule has 0 saturated heterocycles. The van der Waals surface area contributed by atoms with Crippen molar-refractivity contribution in [2.24, 2.45) is 0 Å². The quantitative estimate of drug-likeness (QED) is 0.219. The highest BCUT2D eigenvalue weighted by Crippen LogP contribution is 2.31. The van der Waals surface area contributed by atoms with Crippen molar-refractivity contribution < 1.29 is 23.5 Å². The summed E-state index contributed by atoms with van der Waals surface area (Å²) in [6, 6.07) is 14.1. The van der Waals surface area contributed by atoms with Crippen molar-refractivity contribution in [2.75, 3.05) is 6.61 Å². The van der Waals surface area contributed by atoms with Crippen LogP contribution >= 0.6 is 0 Å². The second-order valence-electron chi connectivity index (χ2n) is 7.73. The van der Waals surface area contributed by atoms with E-state index in [0.29, 0.717) is 29.2 Å². The average molecular weight is 459 g/mol. The van der Waals surface area contributed by atoms with Gasteiger partial charge in [0.15, 0.2) is 11.5 Å². The number of aryl methyl sites for hydroxylation is 3. The zero-order valence-electron chi connectivity index (χ0n) is 19.6. The van der Waals surface area contributed by atoms with Crippen LogP contribution < -0.4 is 14.8 Å². The highest BCUT2D eigenvalue weighted by atomic mass is 16.6. The summed E-state index contributed by atoms with van der Waals surface area (Å²) >= 11 is 0. The number of hydrogen-bond acceptors (Lipinski definition) is 6. The molecular formula is C27H26N2O5. The van der Waals surface area contributed by atoms with Crippen LogP contribution in [0.1, 0.15) is 45.3 Å². The molecule has 3 aromatic rings. The predicted molar refractivity (Wildman–Crippen MR) is 127 cm³/mol. The first-order chi connectivity index (χ1) is 16.3. The van der Waals surface area contributed by atoms with E-state index in [-0.39, 0.29) is 17.9 Å². The predicted octanol–water partition coefficient (Wildman–Crippen LogP) is 5.05. The highest BCUT2D eigenvalue weighted by molar-refractivity contribution is 6.01. The van der Waals surface area contributed by atoms with Crippen molar-refractivity contribution in [2.45, 2.75) is 34.2 Å². The Labute approximate surface area is 198 Å². The molecule has 0 aliphatic rings. The molecular weight excluding hydrogens is 432 g/mol. The van der Waals surface area contributed by atoms with Crippen LogP contribution in [0, 0.1) is 32.1 Å². The molecule has 0 spiro atoms. The Bertz CT molecular complexity index is 1240. The van der Waals surface area contributed by atoms with E-state index >= 15 is 0 Å². The minimum Gasteiger partial charge on any atom is -0.490 e. The molecule has 0 aliphatic carbocycles. The molecule has 1 heterocycles. The van der Waals surface area contributed by atoms with Crippen LogP contribution in [0.3, 0.4) is 0 Å². The molecule has 0 atom stereocenters. The van der Waals surface area contributed by atoms with Crippen LogP contribution in [-0.4, -0.2) is 18.5 Å². The maximum Gasteiger partial charge on any atom is 0.344 e. The summed E-state index contributed by atoms with van der Waals surface area (Å²) in [5.74, 6) is 0.158. The fourth-order valence-electron chi connectivity index (χ4n) is 3.61. The Morgan fingerprint density at radius 2 is 1.82 bits per heavy atom. The van der Waals surface area contributed by atoms with Gasteiger partial charge in [-0.1, -0.05) is 23.8 Å². The Hall–Kier alpha value is -4.31. The van der Waals surface area contributed by atoms with Crippen molar-refractivity contribution in [3.8, 4) is 17.6 Å². The monoisotopic (exact) mass is 458 g/mol. The van der Waals surface area contributed by atoms with E-state index in [2.05, 4.69) is 5.32 Å². The normalized spacial score (nSPS) is 11.0. The minimum atomic E-state index is -0.530. The van der Waals surface area contributed by atoms with E-state index in [0.717, 1.165) is 16.7 Å². The smallest absolute Gasteiger partial charge is 0.344 e. The van der Waals surface area contributed by atoms with E-state index in [9.17, 15) is 14.9 Å². The molecule has 0 saturated carbocycles. The van der Waals surface area contributed by atoms with Gasteiger partial charge in [0.25, 0.3) is 5.91 Å². The van der Waals surface area contributed by atoms with Gasteiger partial charge in [-0.25, -0.2) is 4.79 Å². The Balaban J connectivity index is 1.82. The Morgan fingerprint density at radius 1 is 1.09 bits per heavy atom. The zero-order chi connectivity index (χ0) is 24.7. The van der Waals surface area contributed by atoms with Gasteiger partial charge in [-0.05, 0) is 74.7 Å². The molecule has 0 aliphatic heterocycles. The first-order valence-electron chi connectivity index (χ1n) is 10.8. The number of nitrogens with one attached hydrogen (secondary N) is 1. The number of furan rings is 1. The van der Waals surface area contributed by atoms with Gasteiger partial charge in [0.1, 0.15) is 17.4 Å². The second-order valence-corrected chi connectivity index (χ2v) is 7.73. The summed E-state index contributed by atoms with van der Waals surface area (Å²) in [5.41, 5.74) is 3.72. The number of benzene rings is 2. The second kappa shape index (κ2) is 11.0. The molecule has 3 rings (SSSR count). The first kappa shape index (κ1) is 24.3. The van der Waals surface area contributed by atoms with Gasteiger partial charge >= 0.3 is 5.97 Å². The Morgan fingerprint density at radius 3 is 2.44 bits per heavy atom. The van der Waals surface area contributed by atoms with Crippen LogP contribution in [0.2, 0.25) is 0 Å². The van der Waals surface area contributed by atoms with E-state index in [1.54, 1.807) is 30.3 Å². The van der Waals surface area contributed by atoms with Crippen molar-refractivity contribution in [3.63, 3.8) is 0 Å². The number of carbonyl (C=O) groups excluding carboxylic acids is 2. The van der Waals surface area contributed by atoms with Crippen molar-refractivity contribution in [1.29, 1.82) is 5.26 Å². The van der Waals surface area contributed by atoms with Gasteiger partial charge in [0, 0.05) is 0 Å². The standard InChI is InChI=1S/C27H26N2O5/c1-5-32-24-14-20(13-21(15-28)26(30)29-16-22-7-6-10-33-22)8-9-23(24)34-27(31)25-18(3)11-17(2)12-19(25)4/h6-14H,5,16H2,1-4H3,(H,29,30)/b21-13+. The lowest BCUT2D eigenvalue weighted by atomic mass is 10.00. The summed E-state index contributed by atoms with van der Waals surface area (Å²) in [6.07, 6.45) is 2.95. The molecule has 0 unspecified atom stereocenters. The molecule has 0 bridgehead atoms. The molecule has 1 N–H and O–H groups in total. The number of nitriles is 1. The zero-order valence-corrected chi connectivity index (χ0v) is 19.6. The Kier molecular flexibility index (Phi) is 7.88. The third kappa shape index (κ3) is 5.93. The summed E-state index contributed by atoms with van der Waals surface area (Å²) in [4.78, 5) is 25.3. The van der Waals surface area contributed by atoms with Gasteiger partial charge in [-0.15, -0.1) is 0 Å². The number of rotatable bonds is 8. The lowest BCUT2D eigenvalue weighted by molar-refractivity contribution is -0.117. The van der Waals surface area contributed by atoms with Crippen LogP contribution in [0.4, 0.5) is 0 Å². The summed E-state index contributed by atoms with van der Waals surface area (Å²) in [6.45, 7) is 8.03. The molecule has 0 radical (unpaired) electrons. The van der Waals surface area contributed by atoms with Gasteiger partial charge in [-0.3, -0.25) is 4.79 Å². The maximum atomic E-state index is 12.9. The molecule has 174 valence electrons. The molecule has 2 aromatic carbocycles. The van der Waals surface area contributed by atoms with E-state index in [1.165, 1.54) is 12.3 Å². The van der Waals surface area contributed by atoms with Crippen molar-refractivity contribution in [1.82, 2.24) is 5.32 Å². The van der Waals surface area contributed by atoms with Gasteiger partial charge in [0.2, 0.25) is 0 Å². The van der Waals surface area contributed by atoms with Crippen LogP contribution in [0.15, 0.2) is 58.7 Å². The maximum absolute atomic E-state index is 12.9. The number of nitrogens with zero attached hydrogens (tertiary/aromatic N) is 1. The fraction of sp³-hybridized carbons (Fsp3) is 0.222.